The average molecular weight is 286 g/mol. The third kappa shape index (κ3) is 2.33. The molecule has 0 aliphatic carbocycles. The van der Waals surface area contributed by atoms with Crippen LogP contribution < -0.4 is 5.32 Å². The third-order valence-electron chi connectivity index (χ3n) is 1.85. The van der Waals surface area contributed by atoms with Crippen molar-refractivity contribution in [3.63, 3.8) is 0 Å². The zero-order valence-corrected chi connectivity index (χ0v) is 9.50. The molecule has 0 fully saturated rings. The number of aromatic nitrogens is 2. The van der Waals surface area contributed by atoms with Crippen LogP contribution in [-0.2, 0) is 0 Å². The Morgan fingerprint density at radius 1 is 1.19 bits per heavy atom. The molecule has 0 aliphatic rings. The van der Waals surface area contributed by atoms with Crippen molar-refractivity contribution >= 4 is 27.4 Å². The summed E-state index contributed by atoms with van der Waals surface area (Å²) in [5, 5.41) is 2.84. The Morgan fingerprint density at radius 3 is 2.69 bits per heavy atom. The highest BCUT2D eigenvalue weighted by molar-refractivity contribution is 9.10. The second-order valence-corrected chi connectivity index (χ2v) is 3.83. The van der Waals surface area contributed by atoms with Gasteiger partial charge in [-0.05, 0) is 28.1 Å². The second kappa shape index (κ2) is 4.52. The summed E-state index contributed by atoms with van der Waals surface area (Å²) in [5.41, 5.74) is 0.415. The quantitative estimate of drug-likeness (QED) is 0.920. The Kier molecular flexibility index (Phi) is 3.09. The highest BCUT2D eigenvalue weighted by atomic mass is 79.9. The number of hydrogen-bond acceptors (Lipinski definition) is 3. The van der Waals surface area contributed by atoms with Gasteiger partial charge in [-0.3, -0.25) is 0 Å². The number of nitrogens with zero attached hydrogens (tertiary/aromatic N) is 2. The Bertz CT molecular complexity index is 519. The lowest BCUT2D eigenvalue weighted by Crippen LogP contribution is -1.96. The van der Waals surface area contributed by atoms with Gasteiger partial charge in [0.05, 0.1) is 4.47 Å². The van der Waals surface area contributed by atoms with Gasteiger partial charge in [0.15, 0.2) is 11.6 Å². The number of hydrogen-bond donors (Lipinski definition) is 1. The van der Waals surface area contributed by atoms with Crippen LogP contribution in [0.25, 0.3) is 0 Å². The smallest absolute Gasteiger partial charge is 0.160 e. The van der Waals surface area contributed by atoms with Crippen LogP contribution in [-0.4, -0.2) is 9.97 Å². The fourth-order valence-electron chi connectivity index (χ4n) is 1.12. The van der Waals surface area contributed by atoms with E-state index in [2.05, 4.69) is 31.2 Å². The van der Waals surface area contributed by atoms with Gasteiger partial charge in [-0.25, -0.2) is 18.7 Å². The molecule has 0 saturated heterocycles. The zero-order chi connectivity index (χ0) is 11.5. The second-order valence-electron chi connectivity index (χ2n) is 2.97. The van der Waals surface area contributed by atoms with Crippen molar-refractivity contribution in [3.8, 4) is 0 Å². The first-order chi connectivity index (χ1) is 7.66. The van der Waals surface area contributed by atoms with Crippen LogP contribution in [0.2, 0.25) is 0 Å². The van der Waals surface area contributed by atoms with Crippen molar-refractivity contribution in [2.75, 3.05) is 5.32 Å². The minimum Gasteiger partial charge on any atom is -0.339 e. The summed E-state index contributed by atoms with van der Waals surface area (Å²) < 4.78 is 26.2. The topological polar surface area (TPSA) is 37.8 Å². The molecule has 1 heterocycles. The normalized spacial score (nSPS) is 10.2. The molecular weight excluding hydrogens is 280 g/mol. The molecule has 0 radical (unpaired) electrons. The van der Waals surface area contributed by atoms with Crippen LogP contribution in [0, 0.1) is 11.6 Å². The first kappa shape index (κ1) is 10.9. The van der Waals surface area contributed by atoms with Gasteiger partial charge in [-0.1, -0.05) is 0 Å². The maximum atomic E-state index is 12.9. The first-order valence-electron chi connectivity index (χ1n) is 4.34. The molecule has 2 aromatic rings. The van der Waals surface area contributed by atoms with Crippen molar-refractivity contribution in [3.05, 3.63) is 46.8 Å². The predicted octanol–water partition coefficient (Wildman–Crippen LogP) is 3.26. The van der Waals surface area contributed by atoms with E-state index in [1.54, 1.807) is 6.20 Å². The minimum atomic E-state index is -0.907. The zero-order valence-electron chi connectivity index (χ0n) is 7.92. The fourth-order valence-corrected chi connectivity index (χ4v) is 1.43. The SMILES string of the molecule is Fc1ccc(Nc2ncncc2Br)cc1F. The first-order valence-corrected chi connectivity index (χ1v) is 5.13. The summed E-state index contributed by atoms with van der Waals surface area (Å²) in [6, 6.07) is 3.53. The minimum absolute atomic E-state index is 0.415. The Morgan fingerprint density at radius 2 is 2.00 bits per heavy atom. The van der Waals surface area contributed by atoms with Crippen LogP contribution in [0.1, 0.15) is 0 Å². The van der Waals surface area contributed by atoms with Gasteiger partial charge in [-0.15, -0.1) is 0 Å². The fraction of sp³-hybridized carbons (Fsp3) is 0. The number of benzene rings is 1. The van der Waals surface area contributed by atoms with Gasteiger partial charge >= 0.3 is 0 Å². The van der Waals surface area contributed by atoms with E-state index in [4.69, 9.17) is 0 Å². The average Bonchev–Trinajstić information content (AvgIpc) is 2.27. The van der Waals surface area contributed by atoms with Crippen LogP contribution >= 0.6 is 15.9 Å². The third-order valence-corrected chi connectivity index (χ3v) is 2.43. The molecular formula is C10H6BrF2N3. The number of rotatable bonds is 2. The van der Waals surface area contributed by atoms with Crippen LogP contribution in [0.15, 0.2) is 35.2 Å². The van der Waals surface area contributed by atoms with Crippen molar-refractivity contribution in [2.24, 2.45) is 0 Å². The Labute approximate surface area is 98.7 Å². The molecule has 2 rings (SSSR count). The monoisotopic (exact) mass is 285 g/mol. The maximum Gasteiger partial charge on any atom is 0.160 e. The summed E-state index contributed by atoms with van der Waals surface area (Å²) in [6.07, 6.45) is 2.90. The number of halogens is 3. The molecule has 1 aromatic heterocycles. The van der Waals surface area contributed by atoms with E-state index < -0.39 is 11.6 Å². The van der Waals surface area contributed by atoms with Gasteiger partial charge in [0.1, 0.15) is 12.1 Å². The lowest BCUT2D eigenvalue weighted by Gasteiger charge is -2.06. The van der Waals surface area contributed by atoms with Crippen LogP contribution in [0.3, 0.4) is 0 Å². The maximum absolute atomic E-state index is 12.9. The van der Waals surface area contributed by atoms with Crippen molar-refractivity contribution in [1.82, 2.24) is 9.97 Å². The molecule has 3 nitrogen and oxygen atoms in total. The van der Waals surface area contributed by atoms with Crippen LogP contribution in [0.4, 0.5) is 20.3 Å². The Balaban J connectivity index is 2.28. The van der Waals surface area contributed by atoms with Crippen molar-refractivity contribution in [2.45, 2.75) is 0 Å². The highest BCUT2D eigenvalue weighted by Crippen LogP contribution is 2.22. The lowest BCUT2D eigenvalue weighted by atomic mass is 10.3. The van der Waals surface area contributed by atoms with Gasteiger partial charge < -0.3 is 5.32 Å². The molecule has 0 saturated carbocycles. The molecule has 82 valence electrons. The lowest BCUT2D eigenvalue weighted by molar-refractivity contribution is 0.509. The van der Waals surface area contributed by atoms with E-state index in [-0.39, 0.29) is 0 Å². The van der Waals surface area contributed by atoms with E-state index >= 15 is 0 Å². The summed E-state index contributed by atoms with van der Waals surface area (Å²) in [5.74, 6) is -1.30. The van der Waals surface area contributed by atoms with Gasteiger partial charge in [0.25, 0.3) is 0 Å². The van der Waals surface area contributed by atoms with E-state index in [1.165, 1.54) is 12.4 Å². The molecule has 0 unspecified atom stereocenters. The van der Waals surface area contributed by atoms with Gasteiger partial charge in [-0.2, -0.15) is 0 Å². The Hall–Kier alpha value is -1.56. The van der Waals surface area contributed by atoms with E-state index in [0.29, 0.717) is 16.0 Å². The molecule has 0 spiro atoms. The molecule has 1 N–H and O–H groups in total. The summed E-state index contributed by atoms with van der Waals surface area (Å²) in [7, 11) is 0. The molecule has 0 aliphatic heterocycles. The standard InChI is InChI=1S/C10H6BrF2N3/c11-7-4-14-5-15-10(7)16-6-1-2-8(12)9(13)3-6/h1-5H,(H,14,15,16). The molecule has 0 amide bonds. The molecule has 1 aromatic carbocycles. The predicted molar refractivity (Wildman–Crippen MR) is 59.4 cm³/mol. The number of anilines is 2. The number of nitrogens with one attached hydrogen (secondary N) is 1. The molecule has 6 heteroatoms. The molecule has 0 bridgehead atoms. The largest absolute Gasteiger partial charge is 0.339 e. The summed E-state index contributed by atoms with van der Waals surface area (Å²) in [6.45, 7) is 0. The van der Waals surface area contributed by atoms with Crippen molar-refractivity contribution in [1.29, 1.82) is 0 Å². The molecule has 0 atom stereocenters. The summed E-state index contributed by atoms with van der Waals surface area (Å²) in [4.78, 5) is 7.73. The van der Waals surface area contributed by atoms with Crippen LogP contribution in [0.5, 0.6) is 0 Å². The highest BCUT2D eigenvalue weighted by Gasteiger charge is 2.05. The van der Waals surface area contributed by atoms with Gasteiger partial charge in [0.2, 0.25) is 0 Å². The van der Waals surface area contributed by atoms with E-state index in [9.17, 15) is 8.78 Å². The van der Waals surface area contributed by atoms with E-state index in [1.807, 2.05) is 0 Å². The van der Waals surface area contributed by atoms with Crippen molar-refractivity contribution < 1.29 is 8.78 Å². The summed E-state index contributed by atoms with van der Waals surface area (Å²) >= 11 is 3.23. The van der Waals surface area contributed by atoms with E-state index in [0.717, 1.165) is 12.1 Å². The van der Waals surface area contributed by atoms with Gasteiger partial charge in [0, 0.05) is 18.0 Å². The molecule has 16 heavy (non-hydrogen) atoms.